The monoisotopic (exact) mass is 380 g/mol. The number of benzene rings is 1. The van der Waals surface area contributed by atoms with E-state index in [2.05, 4.69) is 10.1 Å². The van der Waals surface area contributed by atoms with Crippen molar-refractivity contribution in [1.29, 1.82) is 0 Å². The number of aromatic nitrogens is 3. The van der Waals surface area contributed by atoms with Crippen LogP contribution in [0.2, 0.25) is 0 Å². The Labute approximate surface area is 162 Å². The highest BCUT2D eigenvalue weighted by molar-refractivity contribution is 5.68. The molecule has 1 aromatic carbocycles. The van der Waals surface area contributed by atoms with Gasteiger partial charge < -0.3 is 9.72 Å². The molecule has 1 unspecified atom stereocenters. The number of nitrogens with one attached hydrogen (secondary N) is 1. The second-order valence-electron chi connectivity index (χ2n) is 7.29. The van der Waals surface area contributed by atoms with Gasteiger partial charge in [0.2, 0.25) is 0 Å². The molecule has 3 heterocycles. The van der Waals surface area contributed by atoms with Crippen LogP contribution in [0.4, 0.5) is 4.79 Å². The first-order valence-corrected chi connectivity index (χ1v) is 9.61. The lowest BCUT2D eigenvalue weighted by molar-refractivity contribution is 0.0668. The van der Waals surface area contributed by atoms with E-state index in [1.54, 1.807) is 11.8 Å². The number of aromatic amines is 1. The average Bonchev–Trinajstić information content (AvgIpc) is 3.15. The van der Waals surface area contributed by atoms with Crippen LogP contribution in [0.5, 0.6) is 0 Å². The number of hydrogen-bond acceptors (Lipinski definition) is 4. The highest BCUT2D eigenvalue weighted by atomic mass is 16.6. The predicted octanol–water partition coefficient (Wildman–Crippen LogP) is 3.50. The van der Waals surface area contributed by atoms with Crippen molar-refractivity contribution >= 4 is 11.7 Å². The van der Waals surface area contributed by atoms with Crippen LogP contribution in [0.25, 0.3) is 5.65 Å². The normalized spacial score (nSPS) is 17.1. The van der Waals surface area contributed by atoms with Gasteiger partial charge in [0, 0.05) is 23.9 Å². The van der Waals surface area contributed by atoms with Crippen molar-refractivity contribution < 1.29 is 9.53 Å². The molecule has 146 valence electrons. The Morgan fingerprint density at radius 3 is 2.82 bits per heavy atom. The average molecular weight is 380 g/mol. The summed E-state index contributed by atoms with van der Waals surface area (Å²) in [5.41, 5.74) is 3.65. The molecule has 1 saturated heterocycles. The summed E-state index contributed by atoms with van der Waals surface area (Å²) in [5, 5.41) is 4.51. The van der Waals surface area contributed by atoms with Crippen molar-refractivity contribution in [2.24, 2.45) is 0 Å². The molecule has 4 rings (SSSR count). The number of carbonyl (C=O) groups is 1. The van der Waals surface area contributed by atoms with Crippen molar-refractivity contribution in [3.05, 3.63) is 69.3 Å². The second-order valence-corrected chi connectivity index (χ2v) is 7.29. The number of nitrogens with zero attached hydrogens (tertiary/aromatic N) is 3. The smallest absolute Gasteiger partial charge is 0.410 e. The maximum absolute atomic E-state index is 12.7. The van der Waals surface area contributed by atoms with Gasteiger partial charge in [-0.15, -0.1) is 0 Å². The maximum Gasteiger partial charge on any atom is 0.410 e. The summed E-state index contributed by atoms with van der Waals surface area (Å²) < 4.78 is 6.93. The van der Waals surface area contributed by atoms with Gasteiger partial charge in [-0.3, -0.25) is 9.69 Å². The van der Waals surface area contributed by atoms with Crippen LogP contribution in [0.3, 0.4) is 0 Å². The number of hydrogen-bond donors (Lipinski definition) is 1. The Bertz CT molecular complexity index is 1050. The van der Waals surface area contributed by atoms with Crippen LogP contribution in [-0.2, 0) is 11.3 Å². The first-order valence-electron chi connectivity index (χ1n) is 9.61. The molecule has 7 heteroatoms. The molecule has 1 fully saturated rings. The minimum Gasteiger partial charge on any atom is -0.445 e. The Morgan fingerprint density at radius 2 is 2.04 bits per heavy atom. The topological polar surface area (TPSA) is 79.7 Å². The highest BCUT2D eigenvalue weighted by Gasteiger charge is 2.31. The summed E-state index contributed by atoms with van der Waals surface area (Å²) in [5.74, 6) is 0. The quantitative estimate of drug-likeness (QED) is 0.754. The Morgan fingerprint density at radius 1 is 1.25 bits per heavy atom. The van der Waals surface area contributed by atoms with Crippen LogP contribution in [-0.4, -0.2) is 32.1 Å². The first kappa shape index (κ1) is 18.3. The number of ether oxygens (including phenoxy) is 1. The maximum atomic E-state index is 12.7. The van der Waals surface area contributed by atoms with Gasteiger partial charge >= 0.3 is 6.09 Å². The molecule has 0 aliphatic carbocycles. The van der Waals surface area contributed by atoms with Crippen LogP contribution in [0, 0.1) is 13.8 Å². The summed E-state index contributed by atoms with van der Waals surface area (Å²) in [6.45, 7) is 4.52. The molecule has 3 aromatic rings. The van der Waals surface area contributed by atoms with Gasteiger partial charge in [-0.05, 0) is 38.7 Å². The SMILES string of the molecule is Cc1[nH]c2cc(C3CCCCN3C(=O)OCc3ccccc3)nn2c(=O)c1C. The number of rotatable bonds is 3. The standard InChI is InChI=1S/C21H24N4O3/c1-14-15(2)22-19-12-17(23-25(19)20(14)26)18-10-6-7-11-24(18)21(27)28-13-16-8-4-3-5-9-16/h3-5,8-9,12,18,22H,6-7,10-11,13H2,1-2H3. The largest absolute Gasteiger partial charge is 0.445 e. The molecule has 1 N–H and O–H groups in total. The molecule has 0 radical (unpaired) electrons. The number of carbonyl (C=O) groups excluding carboxylic acids is 1. The molecule has 7 nitrogen and oxygen atoms in total. The summed E-state index contributed by atoms with van der Waals surface area (Å²) in [4.78, 5) is 30.2. The second kappa shape index (κ2) is 7.50. The third-order valence-electron chi connectivity index (χ3n) is 5.40. The lowest BCUT2D eigenvalue weighted by atomic mass is 10.00. The third kappa shape index (κ3) is 3.40. The molecule has 1 atom stereocenters. The molecule has 0 spiro atoms. The molecule has 1 amide bonds. The van der Waals surface area contributed by atoms with Crippen molar-refractivity contribution in [3.63, 3.8) is 0 Å². The van der Waals surface area contributed by atoms with Crippen LogP contribution >= 0.6 is 0 Å². The van der Waals surface area contributed by atoms with Gasteiger partial charge in [0.25, 0.3) is 5.56 Å². The van der Waals surface area contributed by atoms with Gasteiger partial charge in [-0.2, -0.15) is 9.61 Å². The molecule has 1 aliphatic heterocycles. The fraction of sp³-hybridized carbons (Fsp3) is 0.381. The summed E-state index contributed by atoms with van der Waals surface area (Å²) in [6, 6.07) is 11.3. The number of amides is 1. The Hall–Kier alpha value is -3.09. The van der Waals surface area contributed by atoms with E-state index >= 15 is 0 Å². The fourth-order valence-corrected chi connectivity index (χ4v) is 3.67. The zero-order valence-electron chi connectivity index (χ0n) is 16.1. The molecular weight excluding hydrogens is 356 g/mol. The van der Waals surface area contributed by atoms with Crippen molar-refractivity contribution in [2.45, 2.75) is 45.8 Å². The van der Waals surface area contributed by atoms with Crippen molar-refractivity contribution in [3.8, 4) is 0 Å². The van der Waals surface area contributed by atoms with Gasteiger partial charge in [0.1, 0.15) is 12.3 Å². The molecule has 28 heavy (non-hydrogen) atoms. The van der Waals surface area contributed by atoms with E-state index in [1.807, 2.05) is 43.3 Å². The third-order valence-corrected chi connectivity index (χ3v) is 5.40. The van der Waals surface area contributed by atoms with Gasteiger partial charge in [-0.25, -0.2) is 4.79 Å². The van der Waals surface area contributed by atoms with E-state index in [0.29, 0.717) is 17.8 Å². The van der Waals surface area contributed by atoms with Crippen molar-refractivity contribution in [2.75, 3.05) is 6.54 Å². The minimum absolute atomic E-state index is 0.133. The predicted molar refractivity (Wildman–Crippen MR) is 105 cm³/mol. The Balaban J connectivity index is 1.58. The summed E-state index contributed by atoms with van der Waals surface area (Å²) in [6.07, 6.45) is 2.40. The van der Waals surface area contributed by atoms with Gasteiger partial charge in [-0.1, -0.05) is 30.3 Å². The molecule has 0 bridgehead atoms. The molecule has 0 saturated carbocycles. The van der Waals surface area contributed by atoms with Crippen molar-refractivity contribution in [1.82, 2.24) is 19.5 Å². The lowest BCUT2D eigenvalue weighted by Gasteiger charge is -2.33. The van der Waals surface area contributed by atoms with E-state index in [4.69, 9.17) is 4.74 Å². The number of likely N-dealkylation sites (tertiary alicyclic amines) is 1. The highest BCUT2D eigenvalue weighted by Crippen LogP contribution is 2.31. The molecule has 1 aliphatic rings. The lowest BCUT2D eigenvalue weighted by Crippen LogP contribution is -2.39. The molecule has 2 aromatic heterocycles. The zero-order valence-corrected chi connectivity index (χ0v) is 16.1. The van der Waals surface area contributed by atoms with Crippen LogP contribution in [0.15, 0.2) is 41.2 Å². The zero-order chi connectivity index (χ0) is 19.7. The summed E-state index contributed by atoms with van der Waals surface area (Å²) >= 11 is 0. The summed E-state index contributed by atoms with van der Waals surface area (Å²) in [7, 11) is 0. The number of piperidine rings is 1. The number of H-pyrrole nitrogens is 1. The van der Waals surface area contributed by atoms with Crippen LogP contribution < -0.4 is 5.56 Å². The first-order chi connectivity index (χ1) is 13.5. The number of aryl methyl sites for hydroxylation is 1. The Kier molecular flexibility index (Phi) is 4.90. The fourth-order valence-electron chi connectivity index (χ4n) is 3.67. The molecular formula is C21H24N4O3. The van der Waals surface area contributed by atoms with Gasteiger partial charge in [0.15, 0.2) is 0 Å². The number of fused-ring (bicyclic) bond motifs is 1. The van der Waals surface area contributed by atoms with E-state index in [1.165, 1.54) is 4.52 Å². The minimum atomic E-state index is -0.343. The van der Waals surface area contributed by atoms with E-state index in [9.17, 15) is 9.59 Å². The van der Waals surface area contributed by atoms with Crippen LogP contribution in [0.1, 0.15) is 47.8 Å². The van der Waals surface area contributed by atoms with E-state index in [-0.39, 0.29) is 24.3 Å². The van der Waals surface area contributed by atoms with E-state index < -0.39 is 0 Å². The van der Waals surface area contributed by atoms with E-state index in [0.717, 1.165) is 36.2 Å². The van der Waals surface area contributed by atoms with Gasteiger partial charge in [0.05, 0.1) is 11.7 Å².